The number of hydrogen-bond donors (Lipinski definition) is 7. The van der Waals surface area contributed by atoms with Crippen molar-refractivity contribution in [1.29, 1.82) is 0 Å². The number of nitrogens with one attached hydrogen (secondary N) is 7. The van der Waals surface area contributed by atoms with Gasteiger partial charge in [0.05, 0.1) is 24.4 Å². The van der Waals surface area contributed by atoms with Crippen LogP contribution in [0.15, 0.2) is 0 Å². The van der Waals surface area contributed by atoms with E-state index in [1.807, 2.05) is 0 Å². The van der Waals surface area contributed by atoms with Gasteiger partial charge in [-0.3, -0.25) is 30.5 Å². The smallest absolute Gasteiger partial charge is 0.238 e. The van der Waals surface area contributed by atoms with E-state index >= 15 is 0 Å². The largest absolute Gasteiger partial charge is 0.381 e. The standard InChI is InChI=1S/C25H45N7O4/c1-35-18-9-7-15(8-10-18)23-29-21(36-32-23)12-11-20(33)27-16-4-2-5-17(14-16)28-24-22-19(6-3-13-26-22)25(34)31-30-24/h15-19,21-24,26,28-30,32H,2-14H2,1H3,(H,27,33)(H,31,34). The summed E-state index contributed by atoms with van der Waals surface area (Å²) in [4.78, 5) is 30.7. The van der Waals surface area contributed by atoms with Crippen LogP contribution >= 0.6 is 0 Å². The minimum atomic E-state index is -0.134. The lowest BCUT2D eigenvalue weighted by Gasteiger charge is -2.44. The maximum atomic E-state index is 12.7. The molecule has 0 spiro atoms. The lowest BCUT2D eigenvalue weighted by Crippen LogP contribution is -2.72. The van der Waals surface area contributed by atoms with Gasteiger partial charge >= 0.3 is 0 Å². The number of methoxy groups -OCH3 is 1. The third kappa shape index (κ3) is 6.56. The molecule has 0 aromatic carbocycles. The summed E-state index contributed by atoms with van der Waals surface area (Å²) in [6.07, 6.45) is 12.0. The average molecular weight is 508 g/mol. The first-order valence-electron chi connectivity index (χ1n) is 14.1. The second kappa shape index (κ2) is 12.5. The molecule has 11 heteroatoms. The zero-order chi connectivity index (χ0) is 24.9. The molecule has 7 unspecified atom stereocenters. The van der Waals surface area contributed by atoms with Gasteiger partial charge in [-0.15, -0.1) is 0 Å². The fourth-order valence-corrected chi connectivity index (χ4v) is 6.78. The summed E-state index contributed by atoms with van der Waals surface area (Å²) in [5.41, 5.74) is 9.16. The van der Waals surface area contributed by atoms with Crippen LogP contribution in [0.3, 0.4) is 0 Å². The van der Waals surface area contributed by atoms with Crippen molar-refractivity contribution in [3.63, 3.8) is 0 Å². The molecule has 0 radical (unpaired) electrons. The maximum absolute atomic E-state index is 12.7. The SMILES string of the molecule is COC1CCC(C2NOC(CCC(=O)NC3CCCC(NC4NNC(=O)C5CCCNC45)C3)N2)CC1. The van der Waals surface area contributed by atoms with Crippen LogP contribution in [-0.4, -0.2) is 68.3 Å². The molecular weight excluding hydrogens is 462 g/mol. The van der Waals surface area contributed by atoms with E-state index in [4.69, 9.17) is 9.57 Å². The molecule has 204 valence electrons. The molecular formula is C25H45N7O4. The molecule has 2 saturated carbocycles. The molecule has 3 aliphatic heterocycles. The number of rotatable bonds is 8. The maximum Gasteiger partial charge on any atom is 0.238 e. The summed E-state index contributed by atoms with van der Waals surface area (Å²) in [5, 5.41) is 14.0. The Morgan fingerprint density at radius 3 is 2.75 bits per heavy atom. The van der Waals surface area contributed by atoms with Crippen LogP contribution in [-0.2, 0) is 19.2 Å². The fourth-order valence-electron chi connectivity index (χ4n) is 6.78. The number of hydrazine groups is 1. The van der Waals surface area contributed by atoms with Crippen molar-refractivity contribution < 1.29 is 19.2 Å². The first-order valence-corrected chi connectivity index (χ1v) is 14.1. The number of piperidine rings is 1. The highest BCUT2D eigenvalue weighted by atomic mass is 16.7. The summed E-state index contributed by atoms with van der Waals surface area (Å²) in [6.45, 7) is 0.947. The number of carbonyl (C=O) groups is 2. The van der Waals surface area contributed by atoms with Gasteiger partial charge in [0.15, 0.2) is 0 Å². The van der Waals surface area contributed by atoms with Gasteiger partial charge in [0, 0.05) is 31.7 Å². The average Bonchev–Trinajstić information content (AvgIpc) is 3.39. The van der Waals surface area contributed by atoms with Crippen molar-refractivity contribution >= 4 is 11.8 Å². The van der Waals surface area contributed by atoms with Crippen LogP contribution in [0.5, 0.6) is 0 Å². The van der Waals surface area contributed by atoms with Crippen LogP contribution in [0.4, 0.5) is 0 Å². The van der Waals surface area contributed by atoms with Crippen molar-refractivity contribution in [3.8, 4) is 0 Å². The molecule has 0 aromatic rings. The summed E-state index contributed by atoms with van der Waals surface area (Å²) in [5.74, 6) is 0.720. The molecule has 2 amide bonds. The quantitative estimate of drug-likeness (QED) is 0.244. The van der Waals surface area contributed by atoms with E-state index < -0.39 is 0 Å². The van der Waals surface area contributed by atoms with Crippen LogP contribution < -0.4 is 37.6 Å². The summed E-state index contributed by atoms with van der Waals surface area (Å²) < 4.78 is 5.48. The van der Waals surface area contributed by atoms with Gasteiger partial charge in [-0.25, -0.2) is 5.43 Å². The molecule has 36 heavy (non-hydrogen) atoms. The molecule has 7 atom stereocenters. The minimum absolute atomic E-state index is 0.00281. The van der Waals surface area contributed by atoms with Crippen molar-refractivity contribution in [1.82, 2.24) is 37.6 Å². The number of amides is 2. The highest BCUT2D eigenvalue weighted by molar-refractivity contribution is 5.80. The van der Waals surface area contributed by atoms with Crippen LogP contribution in [0.25, 0.3) is 0 Å². The van der Waals surface area contributed by atoms with E-state index in [1.165, 1.54) is 0 Å². The first kappa shape index (κ1) is 26.3. The Balaban J connectivity index is 1.01. The Morgan fingerprint density at radius 2 is 1.92 bits per heavy atom. The van der Waals surface area contributed by atoms with Gasteiger partial charge in [0.25, 0.3) is 0 Å². The predicted octanol–water partition coefficient (Wildman–Crippen LogP) is 0.0941. The Kier molecular flexibility index (Phi) is 9.10. The van der Waals surface area contributed by atoms with Gasteiger partial charge in [0.1, 0.15) is 6.23 Å². The number of hydrogen-bond acceptors (Lipinski definition) is 9. The van der Waals surface area contributed by atoms with Crippen molar-refractivity contribution in [2.24, 2.45) is 11.8 Å². The highest BCUT2D eigenvalue weighted by Gasteiger charge is 2.41. The molecule has 0 aromatic heterocycles. The molecule has 5 aliphatic rings. The number of carbonyl (C=O) groups excluding carboxylic acids is 2. The monoisotopic (exact) mass is 507 g/mol. The zero-order valence-corrected chi connectivity index (χ0v) is 21.5. The molecule has 3 saturated heterocycles. The third-order valence-electron chi connectivity index (χ3n) is 8.87. The number of fused-ring (bicyclic) bond motifs is 1. The second-order valence-electron chi connectivity index (χ2n) is 11.3. The van der Waals surface area contributed by atoms with Crippen molar-refractivity contribution in [2.75, 3.05) is 13.7 Å². The topological polar surface area (TPSA) is 137 Å². The highest BCUT2D eigenvalue weighted by Crippen LogP contribution is 2.29. The number of hydroxylamine groups is 1. The molecule has 5 fully saturated rings. The van der Waals surface area contributed by atoms with E-state index in [0.29, 0.717) is 30.9 Å². The number of ether oxygens (including phenoxy) is 1. The van der Waals surface area contributed by atoms with E-state index in [0.717, 1.165) is 70.8 Å². The Morgan fingerprint density at radius 1 is 1.08 bits per heavy atom. The lowest BCUT2D eigenvalue weighted by molar-refractivity contribution is -0.132. The summed E-state index contributed by atoms with van der Waals surface area (Å²) >= 11 is 0. The normalized spacial score (nSPS) is 41.4. The van der Waals surface area contributed by atoms with Crippen LogP contribution in [0, 0.1) is 11.8 Å². The van der Waals surface area contributed by atoms with Gasteiger partial charge in [-0.05, 0) is 83.1 Å². The molecule has 3 heterocycles. The van der Waals surface area contributed by atoms with Gasteiger partial charge < -0.3 is 15.4 Å². The zero-order valence-electron chi connectivity index (χ0n) is 21.5. The third-order valence-corrected chi connectivity index (χ3v) is 8.87. The summed E-state index contributed by atoms with van der Waals surface area (Å²) in [7, 11) is 1.79. The Labute approximate surface area is 214 Å². The second-order valence-corrected chi connectivity index (χ2v) is 11.3. The summed E-state index contributed by atoms with van der Waals surface area (Å²) in [6, 6.07) is 0.587. The van der Waals surface area contributed by atoms with Crippen LogP contribution in [0.1, 0.15) is 77.0 Å². The molecule has 11 nitrogen and oxygen atoms in total. The Bertz CT molecular complexity index is 750. The minimum Gasteiger partial charge on any atom is -0.381 e. The van der Waals surface area contributed by atoms with Gasteiger partial charge in [-0.1, -0.05) is 0 Å². The first-order chi connectivity index (χ1) is 17.6. The molecule has 7 N–H and O–H groups in total. The van der Waals surface area contributed by atoms with E-state index in [-0.39, 0.29) is 48.4 Å². The van der Waals surface area contributed by atoms with Gasteiger partial charge in [0.2, 0.25) is 11.8 Å². The Hall–Kier alpha value is -1.34. The van der Waals surface area contributed by atoms with Gasteiger partial charge in [-0.2, -0.15) is 5.48 Å². The predicted molar refractivity (Wildman–Crippen MR) is 134 cm³/mol. The molecule has 0 bridgehead atoms. The van der Waals surface area contributed by atoms with Crippen LogP contribution in [0.2, 0.25) is 0 Å². The van der Waals surface area contributed by atoms with Crippen molar-refractivity contribution in [2.45, 2.75) is 120 Å². The lowest BCUT2D eigenvalue weighted by atomic mass is 9.85. The molecule has 2 aliphatic carbocycles. The van der Waals surface area contributed by atoms with Crippen molar-refractivity contribution in [3.05, 3.63) is 0 Å². The van der Waals surface area contributed by atoms with E-state index in [2.05, 4.69) is 37.6 Å². The molecule has 5 rings (SSSR count). The van der Waals surface area contributed by atoms with E-state index in [9.17, 15) is 9.59 Å². The fraction of sp³-hybridized carbons (Fsp3) is 0.920. The van der Waals surface area contributed by atoms with E-state index in [1.54, 1.807) is 7.11 Å².